The van der Waals surface area contributed by atoms with Crippen molar-refractivity contribution in [2.24, 2.45) is 0 Å². The Balaban J connectivity index is 2.33. The van der Waals surface area contributed by atoms with Crippen LogP contribution in [0.15, 0.2) is 4.52 Å². The molecule has 104 valence electrons. The number of aromatic nitrogens is 1. The van der Waals surface area contributed by atoms with Gasteiger partial charge in [0.25, 0.3) is 5.91 Å². The van der Waals surface area contributed by atoms with Crippen molar-refractivity contribution in [3.8, 4) is 0 Å². The molecule has 7 heteroatoms. The van der Waals surface area contributed by atoms with Gasteiger partial charge >= 0.3 is 5.97 Å². The van der Waals surface area contributed by atoms with E-state index >= 15 is 0 Å². The van der Waals surface area contributed by atoms with Crippen LogP contribution < -0.4 is 0 Å². The number of β-amino-alcohol motifs (C(OH)–C–C–N with tert-alkyl or cyclic N) is 1. The molecule has 2 heterocycles. The second-order valence-electron chi connectivity index (χ2n) is 4.62. The van der Waals surface area contributed by atoms with Crippen molar-refractivity contribution in [3.63, 3.8) is 0 Å². The molecule has 0 saturated carbocycles. The van der Waals surface area contributed by atoms with E-state index in [0.29, 0.717) is 23.4 Å². The number of nitrogens with zero attached hydrogens (tertiary/aromatic N) is 2. The number of carbonyl (C=O) groups excluding carboxylic acids is 1. The average molecular weight is 268 g/mol. The van der Waals surface area contributed by atoms with Gasteiger partial charge in [-0.15, -0.1) is 0 Å². The maximum Gasteiger partial charge on any atom is 0.326 e. The van der Waals surface area contributed by atoms with Crippen LogP contribution >= 0.6 is 0 Å². The van der Waals surface area contributed by atoms with E-state index in [2.05, 4.69) is 5.16 Å². The van der Waals surface area contributed by atoms with Gasteiger partial charge in [0, 0.05) is 13.0 Å². The van der Waals surface area contributed by atoms with E-state index in [1.165, 1.54) is 4.90 Å². The Morgan fingerprint density at radius 1 is 1.53 bits per heavy atom. The molecular formula is C12H16N2O5. The first-order valence-electron chi connectivity index (χ1n) is 6.12. The molecule has 0 radical (unpaired) electrons. The van der Waals surface area contributed by atoms with E-state index < -0.39 is 24.0 Å². The van der Waals surface area contributed by atoms with Crippen LogP contribution in [-0.4, -0.2) is 50.8 Å². The number of rotatable bonds is 3. The van der Waals surface area contributed by atoms with Gasteiger partial charge in [-0.2, -0.15) is 0 Å². The zero-order valence-corrected chi connectivity index (χ0v) is 10.8. The molecule has 0 unspecified atom stereocenters. The summed E-state index contributed by atoms with van der Waals surface area (Å²) >= 11 is 0. The molecule has 2 atom stereocenters. The highest BCUT2D eigenvalue weighted by Gasteiger charge is 2.40. The molecule has 2 N–H and O–H groups in total. The van der Waals surface area contributed by atoms with Crippen LogP contribution in [0.2, 0.25) is 0 Å². The van der Waals surface area contributed by atoms with E-state index in [0.717, 1.165) is 0 Å². The van der Waals surface area contributed by atoms with Gasteiger partial charge < -0.3 is 19.6 Å². The lowest BCUT2D eigenvalue weighted by molar-refractivity contribution is -0.141. The first-order chi connectivity index (χ1) is 8.95. The number of carboxylic acids is 1. The molecule has 0 bridgehead atoms. The number of hydrogen-bond acceptors (Lipinski definition) is 5. The highest BCUT2D eigenvalue weighted by molar-refractivity contribution is 5.98. The van der Waals surface area contributed by atoms with Crippen molar-refractivity contribution < 1.29 is 24.3 Å². The van der Waals surface area contributed by atoms with Gasteiger partial charge in [0.05, 0.1) is 11.8 Å². The summed E-state index contributed by atoms with van der Waals surface area (Å²) in [6.07, 6.45) is -0.241. The summed E-state index contributed by atoms with van der Waals surface area (Å²) < 4.78 is 4.98. The summed E-state index contributed by atoms with van der Waals surface area (Å²) in [7, 11) is 0. The maximum absolute atomic E-state index is 12.4. The molecule has 1 aliphatic rings. The van der Waals surface area contributed by atoms with Crippen LogP contribution in [0.4, 0.5) is 0 Å². The zero-order chi connectivity index (χ0) is 14.2. The Morgan fingerprint density at radius 3 is 2.79 bits per heavy atom. The molecule has 7 nitrogen and oxygen atoms in total. The minimum atomic E-state index is -1.11. The van der Waals surface area contributed by atoms with Crippen molar-refractivity contribution in [3.05, 3.63) is 17.0 Å². The topological polar surface area (TPSA) is 104 Å². The Kier molecular flexibility index (Phi) is 3.57. The van der Waals surface area contributed by atoms with E-state index in [9.17, 15) is 14.7 Å². The lowest BCUT2D eigenvalue weighted by Crippen LogP contribution is -2.41. The standard InChI is InChI=1S/C12H16N2O5/c1-3-8-10(6(2)19-13-8)11(16)14-5-7(15)4-9(14)12(17)18/h7,9,15H,3-5H2,1-2H3,(H,17,18)/t7-,9-/m0/s1. The smallest absolute Gasteiger partial charge is 0.326 e. The fourth-order valence-corrected chi connectivity index (χ4v) is 2.35. The molecule has 1 amide bonds. The van der Waals surface area contributed by atoms with Crippen LogP contribution in [0.25, 0.3) is 0 Å². The molecule has 1 aromatic heterocycles. The molecule has 0 aliphatic carbocycles. The van der Waals surface area contributed by atoms with Crippen molar-refractivity contribution in [1.82, 2.24) is 10.1 Å². The summed E-state index contributed by atoms with van der Waals surface area (Å²) in [6, 6.07) is -0.999. The summed E-state index contributed by atoms with van der Waals surface area (Å²) in [5.41, 5.74) is 0.816. The second-order valence-corrected chi connectivity index (χ2v) is 4.62. The third-order valence-corrected chi connectivity index (χ3v) is 3.31. The fourth-order valence-electron chi connectivity index (χ4n) is 2.35. The quantitative estimate of drug-likeness (QED) is 0.811. The minimum Gasteiger partial charge on any atom is -0.480 e. The lowest BCUT2D eigenvalue weighted by atomic mass is 10.1. The van der Waals surface area contributed by atoms with Gasteiger partial charge in [0.1, 0.15) is 17.4 Å². The Bertz CT molecular complexity index is 510. The van der Waals surface area contributed by atoms with Gasteiger partial charge in [-0.05, 0) is 13.3 Å². The van der Waals surface area contributed by atoms with Gasteiger partial charge in [-0.25, -0.2) is 4.79 Å². The minimum absolute atomic E-state index is 0.0174. The van der Waals surface area contributed by atoms with Crippen molar-refractivity contribution in [1.29, 1.82) is 0 Å². The highest BCUT2D eigenvalue weighted by atomic mass is 16.5. The molecule has 1 fully saturated rings. The number of aliphatic hydroxyl groups excluding tert-OH is 1. The monoisotopic (exact) mass is 268 g/mol. The summed E-state index contributed by atoms with van der Waals surface area (Å²) in [6.45, 7) is 3.47. The van der Waals surface area contributed by atoms with E-state index in [1.807, 2.05) is 6.92 Å². The number of aliphatic hydroxyl groups is 1. The molecule has 19 heavy (non-hydrogen) atoms. The number of amides is 1. The third-order valence-electron chi connectivity index (χ3n) is 3.31. The van der Waals surface area contributed by atoms with E-state index in [-0.39, 0.29) is 13.0 Å². The van der Waals surface area contributed by atoms with Gasteiger partial charge in [-0.1, -0.05) is 12.1 Å². The van der Waals surface area contributed by atoms with Crippen LogP contribution in [0.1, 0.15) is 35.2 Å². The molecule has 1 aliphatic heterocycles. The normalized spacial score (nSPS) is 22.8. The SMILES string of the molecule is CCc1noc(C)c1C(=O)N1C[C@@H](O)C[C@H]1C(=O)O. The number of aryl methyl sites for hydroxylation is 2. The average Bonchev–Trinajstić information content (AvgIpc) is 2.91. The predicted molar refractivity (Wildman–Crippen MR) is 63.7 cm³/mol. The molecule has 1 saturated heterocycles. The molecule has 0 spiro atoms. The number of carbonyl (C=O) groups is 2. The summed E-state index contributed by atoms with van der Waals surface area (Å²) in [4.78, 5) is 24.7. The first kappa shape index (κ1) is 13.5. The van der Waals surface area contributed by atoms with Crippen LogP contribution in [0.3, 0.4) is 0 Å². The maximum atomic E-state index is 12.4. The Morgan fingerprint density at radius 2 is 2.21 bits per heavy atom. The number of aliphatic carboxylic acids is 1. The summed E-state index contributed by atoms with van der Waals surface area (Å²) in [5.74, 6) is -1.19. The lowest BCUT2D eigenvalue weighted by Gasteiger charge is -2.20. The zero-order valence-electron chi connectivity index (χ0n) is 10.8. The largest absolute Gasteiger partial charge is 0.480 e. The van der Waals surface area contributed by atoms with E-state index in [4.69, 9.17) is 9.63 Å². The van der Waals surface area contributed by atoms with Crippen LogP contribution in [0, 0.1) is 6.92 Å². The number of likely N-dealkylation sites (tertiary alicyclic amines) is 1. The van der Waals surface area contributed by atoms with Crippen LogP contribution in [0.5, 0.6) is 0 Å². The van der Waals surface area contributed by atoms with Crippen molar-refractivity contribution >= 4 is 11.9 Å². The van der Waals surface area contributed by atoms with Crippen molar-refractivity contribution in [2.75, 3.05) is 6.54 Å². The molecule has 1 aromatic rings. The number of carboxylic acid groups (broad SMARTS) is 1. The fraction of sp³-hybridized carbons (Fsp3) is 0.583. The first-order valence-corrected chi connectivity index (χ1v) is 6.12. The van der Waals surface area contributed by atoms with E-state index in [1.54, 1.807) is 6.92 Å². The van der Waals surface area contributed by atoms with Gasteiger partial charge in [-0.3, -0.25) is 4.79 Å². The van der Waals surface area contributed by atoms with Crippen molar-refractivity contribution in [2.45, 2.75) is 38.8 Å². The predicted octanol–water partition coefficient (Wildman–Crippen LogP) is 0.205. The van der Waals surface area contributed by atoms with Crippen LogP contribution in [-0.2, 0) is 11.2 Å². The molecular weight excluding hydrogens is 252 g/mol. The Labute approximate surface area is 109 Å². The summed E-state index contributed by atoms with van der Waals surface area (Å²) in [5, 5.41) is 22.4. The van der Waals surface area contributed by atoms with Gasteiger partial charge in [0.2, 0.25) is 0 Å². The number of hydrogen-bond donors (Lipinski definition) is 2. The van der Waals surface area contributed by atoms with Gasteiger partial charge in [0.15, 0.2) is 0 Å². The molecule has 0 aromatic carbocycles. The Hall–Kier alpha value is -1.89. The second kappa shape index (κ2) is 5.00. The third kappa shape index (κ3) is 2.33. The molecule has 2 rings (SSSR count). The highest BCUT2D eigenvalue weighted by Crippen LogP contribution is 2.24.